The average molecular weight is 298 g/mol. The molecule has 0 spiro atoms. The smallest absolute Gasteiger partial charge is 0.325 e. The van der Waals surface area contributed by atoms with Gasteiger partial charge in [-0.1, -0.05) is 17.7 Å². The second-order valence-electron chi connectivity index (χ2n) is 4.82. The Morgan fingerprint density at radius 2 is 2.00 bits per heavy atom. The van der Waals surface area contributed by atoms with Crippen molar-refractivity contribution in [3.63, 3.8) is 0 Å². The molecule has 0 aromatic heterocycles. The van der Waals surface area contributed by atoms with Crippen molar-refractivity contribution in [3.8, 4) is 0 Å². The Morgan fingerprint density at radius 3 is 2.50 bits per heavy atom. The number of aryl methyl sites for hydroxylation is 1. The van der Waals surface area contributed by atoms with Crippen molar-refractivity contribution in [2.45, 2.75) is 33.7 Å². The second kappa shape index (κ2) is 7.29. The highest BCUT2D eigenvalue weighted by Gasteiger charge is 2.23. The zero-order valence-corrected chi connectivity index (χ0v) is 13.0. The molecule has 0 heterocycles. The summed E-state index contributed by atoms with van der Waals surface area (Å²) < 4.78 is 4.89. The van der Waals surface area contributed by atoms with Crippen LogP contribution >= 0.6 is 11.6 Å². The molecule has 4 nitrogen and oxygen atoms in total. The van der Waals surface area contributed by atoms with Gasteiger partial charge in [0.15, 0.2) is 0 Å². The van der Waals surface area contributed by atoms with E-state index in [0.29, 0.717) is 17.2 Å². The normalized spacial score (nSPS) is 10.5. The number of esters is 1. The molecular formula is C15H20ClNO3. The van der Waals surface area contributed by atoms with Crippen molar-refractivity contribution >= 4 is 23.5 Å². The van der Waals surface area contributed by atoms with Crippen LogP contribution in [0.5, 0.6) is 0 Å². The van der Waals surface area contributed by atoms with Gasteiger partial charge in [-0.15, -0.1) is 0 Å². The SMILES string of the molecule is CCOC(=O)CN(C(=O)c1ccc(C)cc1Cl)C(C)C. The number of rotatable bonds is 5. The summed E-state index contributed by atoms with van der Waals surface area (Å²) in [6, 6.07) is 5.12. The van der Waals surface area contributed by atoms with E-state index >= 15 is 0 Å². The highest BCUT2D eigenvalue weighted by atomic mass is 35.5. The fourth-order valence-electron chi connectivity index (χ4n) is 1.78. The largest absolute Gasteiger partial charge is 0.465 e. The Kier molecular flexibility index (Phi) is 6.02. The number of hydrogen-bond acceptors (Lipinski definition) is 3. The number of hydrogen-bond donors (Lipinski definition) is 0. The van der Waals surface area contributed by atoms with Gasteiger partial charge < -0.3 is 9.64 Å². The Balaban J connectivity index is 2.96. The molecule has 1 aromatic rings. The standard InChI is InChI=1S/C15H20ClNO3/c1-5-20-14(18)9-17(10(2)3)15(19)12-7-6-11(4)8-13(12)16/h6-8,10H,5,9H2,1-4H3. The summed E-state index contributed by atoms with van der Waals surface area (Å²) in [4.78, 5) is 25.5. The Morgan fingerprint density at radius 1 is 1.35 bits per heavy atom. The van der Waals surface area contributed by atoms with Crippen molar-refractivity contribution in [2.24, 2.45) is 0 Å². The highest BCUT2D eigenvalue weighted by Crippen LogP contribution is 2.20. The third kappa shape index (κ3) is 4.23. The molecule has 0 radical (unpaired) electrons. The summed E-state index contributed by atoms with van der Waals surface area (Å²) in [6.45, 7) is 7.55. The Labute approximate surface area is 124 Å². The fourth-order valence-corrected chi connectivity index (χ4v) is 2.10. The van der Waals surface area contributed by atoms with Gasteiger partial charge in [0.25, 0.3) is 5.91 Å². The highest BCUT2D eigenvalue weighted by molar-refractivity contribution is 6.33. The summed E-state index contributed by atoms with van der Waals surface area (Å²) in [5, 5.41) is 0.393. The van der Waals surface area contributed by atoms with Gasteiger partial charge in [-0.25, -0.2) is 0 Å². The molecule has 1 aromatic carbocycles. The van der Waals surface area contributed by atoms with Crippen LogP contribution in [-0.2, 0) is 9.53 Å². The van der Waals surface area contributed by atoms with Gasteiger partial charge in [0.1, 0.15) is 6.54 Å². The molecule has 0 aliphatic heterocycles. The van der Waals surface area contributed by atoms with E-state index in [1.165, 1.54) is 4.90 Å². The first-order valence-electron chi connectivity index (χ1n) is 6.59. The average Bonchev–Trinajstić information content (AvgIpc) is 2.35. The lowest BCUT2D eigenvalue weighted by Gasteiger charge is -2.26. The van der Waals surface area contributed by atoms with Crippen LogP contribution in [0, 0.1) is 6.92 Å². The van der Waals surface area contributed by atoms with E-state index in [0.717, 1.165) is 5.56 Å². The van der Waals surface area contributed by atoms with Crippen LogP contribution in [0.2, 0.25) is 5.02 Å². The third-order valence-corrected chi connectivity index (χ3v) is 3.16. The van der Waals surface area contributed by atoms with E-state index in [9.17, 15) is 9.59 Å². The number of ether oxygens (including phenoxy) is 1. The summed E-state index contributed by atoms with van der Waals surface area (Å²) in [5.41, 5.74) is 1.38. The van der Waals surface area contributed by atoms with Crippen LogP contribution in [0.3, 0.4) is 0 Å². The summed E-state index contributed by atoms with van der Waals surface area (Å²) in [7, 11) is 0. The van der Waals surface area contributed by atoms with Gasteiger partial charge in [0.2, 0.25) is 0 Å². The van der Waals surface area contributed by atoms with Crippen molar-refractivity contribution in [1.29, 1.82) is 0 Å². The number of carbonyl (C=O) groups excluding carboxylic acids is 2. The van der Waals surface area contributed by atoms with Gasteiger partial charge in [0, 0.05) is 6.04 Å². The minimum Gasteiger partial charge on any atom is -0.465 e. The molecule has 1 amide bonds. The van der Waals surface area contributed by atoms with E-state index in [1.54, 1.807) is 19.1 Å². The Hall–Kier alpha value is -1.55. The predicted octanol–water partition coefficient (Wildman–Crippen LogP) is 3.06. The van der Waals surface area contributed by atoms with E-state index in [1.807, 2.05) is 26.8 Å². The number of carbonyl (C=O) groups is 2. The third-order valence-electron chi connectivity index (χ3n) is 2.84. The zero-order valence-electron chi connectivity index (χ0n) is 12.3. The van der Waals surface area contributed by atoms with Crippen LogP contribution < -0.4 is 0 Å². The van der Waals surface area contributed by atoms with E-state index in [2.05, 4.69) is 0 Å². The molecule has 0 atom stereocenters. The number of halogens is 1. The maximum Gasteiger partial charge on any atom is 0.325 e. The van der Waals surface area contributed by atoms with E-state index < -0.39 is 5.97 Å². The fraction of sp³-hybridized carbons (Fsp3) is 0.467. The first-order chi connectivity index (χ1) is 9.36. The maximum absolute atomic E-state index is 12.5. The minimum atomic E-state index is -0.419. The van der Waals surface area contributed by atoms with Gasteiger partial charge in [-0.2, -0.15) is 0 Å². The van der Waals surface area contributed by atoms with Gasteiger partial charge >= 0.3 is 5.97 Å². The molecule has 0 N–H and O–H groups in total. The monoisotopic (exact) mass is 297 g/mol. The van der Waals surface area contributed by atoms with Crippen LogP contribution in [0.4, 0.5) is 0 Å². The summed E-state index contributed by atoms with van der Waals surface area (Å²) >= 11 is 6.11. The van der Waals surface area contributed by atoms with E-state index in [-0.39, 0.29) is 18.5 Å². The lowest BCUT2D eigenvalue weighted by atomic mass is 10.1. The van der Waals surface area contributed by atoms with Gasteiger partial charge in [0.05, 0.1) is 17.2 Å². The molecule has 0 aliphatic carbocycles. The first kappa shape index (κ1) is 16.5. The lowest BCUT2D eigenvalue weighted by molar-refractivity contribution is -0.144. The molecule has 0 bridgehead atoms. The summed E-state index contributed by atoms with van der Waals surface area (Å²) in [6.07, 6.45) is 0. The number of benzene rings is 1. The van der Waals surface area contributed by atoms with Crippen LogP contribution in [0.1, 0.15) is 36.7 Å². The molecule has 0 saturated heterocycles. The van der Waals surface area contributed by atoms with Crippen LogP contribution in [-0.4, -0.2) is 36.0 Å². The molecule has 0 unspecified atom stereocenters. The van der Waals surface area contributed by atoms with Crippen LogP contribution in [0.25, 0.3) is 0 Å². The molecule has 20 heavy (non-hydrogen) atoms. The summed E-state index contributed by atoms with van der Waals surface area (Å²) in [5.74, 6) is -0.684. The van der Waals surface area contributed by atoms with Crippen LogP contribution in [0.15, 0.2) is 18.2 Å². The molecular weight excluding hydrogens is 278 g/mol. The Bertz CT molecular complexity index is 500. The van der Waals surface area contributed by atoms with E-state index in [4.69, 9.17) is 16.3 Å². The lowest BCUT2D eigenvalue weighted by Crippen LogP contribution is -2.41. The maximum atomic E-state index is 12.5. The topological polar surface area (TPSA) is 46.6 Å². The second-order valence-corrected chi connectivity index (χ2v) is 5.22. The molecule has 110 valence electrons. The molecule has 0 saturated carbocycles. The van der Waals surface area contributed by atoms with Crippen molar-refractivity contribution in [1.82, 2.24) is 4.90 Å². The first-order valence-corrected chi connectivity index (χ1v) is 6.97. The van der Waals surface area contributed by atoms with Gasteiger partial charge in [-0.05, 0) is 45.4 Å². The van der Waals surface area contributed by atoms with Gasteiger partial charge in [-0.3, -0.25) is 9.59 Å². The minimum absolute atomic E-state index is 0.0749. The molecule has 0 fully saturated rings. The number of nitrogens with zero attached hydrogens (tertiary/aromatic N) is 1. The quantitative estimate of drug-likeness (QED) is 0.785. The predicted molar refractivity (Wildman–Crippen MR) is 79.0 cm³/mol. The molecule has 0 aliphatic rings. The van der Waals surface area contributed by atoms with Crippen molar-refractivity contribution < 1.29 is 14.3 Å². The zero-order chi connectivity index (χ0) is 15.3. The number of amides is 1. The molecule has 5 heteroatoms. The van der Waals surface area contributed by atoms with Crippen molar-refractivity contribution in [3.05, 3.63) is 34.3 Å². The molecule has 1 rings (SSSR count). The van der Waals surface area contributed by atoms with Crippen molar-refractivity contribution in [2.75, 3.05) is 13.2 Å².